The molecule has 5 heteroatoms. The zero-order valence-corrected chi connectivity index (χ0v) is 11.5. The van der Waals surface area contributed by atoms with E-state index in [4.69, 9.17) is 15.0 Å². The molecule has 1 unspecified atom stereocenters. The molecule has 0 radical (unpaired) electrons. The molecule has 0 saturated heterocycles. The van der Waals surface area contributed by atoms with Crippen LogP contribution >= 0.6 is 0 Å². The average molecular weight is 261 g/mol. The first-order valence-corrected chi connectivity index (χ1v) is 6.38. The van der Waals surface area contributed by atoms with Crippen LogP contribution in [0.25, 0.3) is 11.4 Å². The molecule has 0 saturated carbocycles. The monoisotopic (exact) mass is 261 g/mol. The van der Waals surface area contributed by atoms with Gasteiger partial charge in [-0.05, 0) is 31.0 Å². The highest BCUT2D eigenvalue weighted by Gasteiger charge is 2.18. The maximum Gasteiger partial charge on any atom is 0.231 e. The molecule has 1 atom stereocenters. The molecule has 2 rings (SSSR count). The van der Waals surface area contributed by atoms with Gasteiger partial charge >= 0.3 is 0 Å². The molecule has 1 aromatic heterocycles. The molecule has 1 heterocycles. The van der Waals surface area contributed by atoms with Crippen molar-refractivity contribution in [3.63, 3.8) is 0 Å². The van der Waals surface area contributed by atoms with Crippen LogP contribution in [0.2, 0.25) is 0 Å². The van der Waals surface area contributed by atoms with E-state index in [1.165, 1.54) is 0 Å². The summed E-state index contributed by atoms with van der Waals surface area (Å²) in [5.41, 5.74) is 7.64. The van der Waals surface area contributed by atoms with Gasteiger partial charge in [0.25, 0.3) is 0 Å². The highest BCUT2D eigenvalue weighted by atomic mass is 16.5. The largest absolute Gasteiger partial charge is 0.496 e. The lowest BCUT2D eigenvalue weighted by molar-refractivity contribution is 0.351. The number of hydrogen-bond acceptors (Lipinski definition) is 5. The fraction of sp³-hybridized carbons (Fsp3) is 0.429. The molecule has 0 bridgehead atoms. The Bertz CT molecular complexity index is 547. The van der Waals surface area contributed by atoms with Crippen LogP contribution in [0.15, 0.2) is 22.7 Å². The highest BCUT2D eigenvalue weighted by molar-refractivity contribution is 5.64. The molecule has 0 aliphatic rings. The Labute approximate surface area is 112 Å². The fourth-order valence-corrected chi connectivity index (χ4v) is 1.94. The smallest absolute Gasteiger partial charge is 0.231 e. The topological polar surface area (TPSA) is 74.2 Å². The number of hydrogen-bond donors (Lipinski definition) is 1. The van der Waals surface area contributed by atoms with Gasteiger partial charge in [0.2, 0.25) is 11.7 Å². The summed E-state index contributed by atoms with van der Waals surface area (Å²) in [5, 5.41) is 4.02. The Kier molecular flexibility index (Phi) is 4.16. The van der Waals surface area contributed by atoms with Crippen LogP contribution in [0.3, 0.4) is 0 Å². The second-order valence-corrected chi connectivity index (χ2v) is 4.50. The molecule has 19 heavy (non-hydrogen) atoms. The number of rotatable bonds is 5. The lowest BCUT2D eigenvalue weighted by Gasteiger charge is -2.06. The molecule has 0 aliphatic heterocycles. The Morgan fingerprint density at radius 3 is 2.84 bits per heavy atom. The van der Waals surface area contributed by atoms with Gasteiger partial charge in [-0.1, -0.05) is 18.1 Å². The normalized spacial score (nSPS) is 12.4. The van der Waals surface area contributed by atoms with Gasteiger partial charge in [0, 0.05) is 6.54 Å². The van der Waals surface area contributed by atoms with Crippen LogP contribution in [-0.4, -0.2) is 23.8 Å². The third kappa shape index (κ3) is 2.76. The van der Waals surface area contributed by atoms with E-state index in [1.807, 2.05) is 32.0 Å². The minimum Gasteiger partial charge on any atom is -0.496 e. The summed E-state index contributed by atoms with van der Waals surface area (Å²) in [7, 11) is 1.63. The summed E-state index contributed by atoms with van der Waals surface area (Å²) in [6.45, 7) is 4.56. The maximum absolute atomic E-state index is 5.69. The minimum absolute atomic E-state index is 0.109. The molecule has 102 valence electrons. The summed E-state index contributed by atoms with van der Waals surface area (Å²) in [6, 6.07) is 5.88. The molecular formula is C14H19N3O2. The van der Waals surface area contributed by atoms with Crippen LogP contribution in [0, 0.1) is 6.92 Å². The first-order valence-electron chi connectivity index (χ1n) is 6.38. The van der Waals surface area contributed by atoms with Crippen LogP contribution in [-0.2, 0) is 0 Å². The molecule has 2 aromatic rings. The van der Waals surface area contributed by atoms with E-state index in [0.717, 1.165) is 23.3 Å². The molecule has 5 nitrogen and oxygen atoms in total. The van der Waals surface area contributed by atoms with Gasteiger partial charge in [-0.3, -0.25) is 0 Å². The van der Waals surface area contributed by atoms with E-state index in [0.29, 0.717) is 18.3 Å². The minimum atomic E-state index is 0.109. The summed E-state index contributed by atoms with van der Waals surface area (Å²) < 4.78 is 10.7. The van der Waals surface area contributed by atoms with Crippen LogP contribution in [0.1, 0.15) is 30.7 Å². The summed E-state index contributed by atoms with van der Waals surface area (Å²) in [6.07, 6.45) is 0.878. The number of nitrogens with two attached hydrogens (primary N) is 1. The molecule has 0 amide bonds. The second kappa shape index (κ2) is 5.84. The number of methoxy groups -OCH3 is 1. The first-order chi connectivity index (χ1) is 9.19. The van der Waals surface area contributed by atoms with Crippen molar-refractivity contribution in [2.24, 2.45) is 5.73 Å². The molecular weight excluding hydrogens is 242 g/mol. The van der Waals surface area contributed by atoms with Crippen LogP contribution in [0.5, 0.6) is 5.75 Å². The van der Waals surface area contributed by atoms with E-state index in [1.54, 1.807) is 7.11 Å². The predicted octanol–water partition coefficient (Wildman–Crippen LogP) is 2.51. The van der Waals surface area contributed by atoms with Crippen molar-refractivity contribution in [2.45, 2.75) is 26.2 Å². The summed E-state index contributed by atoms with van der Waals surface area (Å²) in [4.78, 5) is 4.42. The Hall–Kier alpha value is -1.88. The standard InChI is InChI=1S/C14H19N3O2/c1-4-10(8-15)14-16-13(17-19-14)11-6-5-9(2)7-12(11)18-3/h5-7,10H,4,8,15H2,1-3H3. The average Bonchev–Trinajstić information content (AvgIpc) is 2.89. The molecule has 1 aromatic carbocycles. The lowest BCUT2D eigenvalue weighted by atomic mass is 10.1. The number of nitrogens with zero attached hydrogens (tertiary/aromatic N) is 2. The van der Waals surface area contributed by atoms with E-state index < -0.39 is 0 Å². The van der Waals surface area contributed by atoms with Crippen molar-refractivity contribution in [1.82, 2.24) is 10.1 Å². The van der Waals surface area contributed by atoms with E-state index >= 15 is 0 Å². The van der Waals surface area contributed by atoms with Gasteiger partial charge in [-0.25, -0.2) is 0 Å². The Morgan fingerprint density at radius 1 is 1.42 bits per heavy atom. The Balaban J connectivity index is 2.37. The van der Waals surface area contributed by atoms with Crippen molar-refractivity contribution in [2.75, 3.05) is 13.7 Å². The third-order valence-electron chi connectivity index (χ3n) is 3.17. The molecule has 0 fully saturated rings. The summed E-state index contributed by atoms with van der Waals surface area (Å²) in [5.74, 6) is 1.98. The van der Waals surface area contributed by atoms with E-state index in [2.05, 4.69) is 10.1 Å². The molecule has 0 aliphatic carbocycles. The van der Waals surface area contributed by atoms with Crippen LogP contribution in [0.4, 0.5) is 0 Å². The SMILES string of the molecule is CCC(CN)c1nc(-c2ccc(C)cc2OC)no1. The van der Waals surface area contributed by atoms with Crippen molar-refractivity contribution < 1.29 is 9.26 Å². The van der Waals surface area contributed by atoms with Gasteiger partial charge in [-0.2, -0.15) is 4.98 Å². The third-order valence-corrected chi connectivity index (χ3v) is 3.17. The van der Waals surface area contributed by atoms with Gasteiger partial charge in [0.05, 0.1) is 18.6 Å². The fourth-order valence-electron chi connectivity index (χ4n) is 1.94. The van der Waals surface area contributed by atoms with Gasteiger partial charge in [-0.15, -0.1) is 0 Å². The lowest BCUT2D eigenvalue weighted by Crippen LogP contribution is -2.11. The molecule has 0 spiro atoms. The highest BCUT2D eigenvalue weighted by Crippen LogP contribution is 2.29. The van der Waals surface area contributed by atoms with Crippen molar-refractivity contribution in [3.8, 4) is 17.1 Å². The van der Waals surface area contributed by atoms with Gasteiger partial charge in [0.15, 0.2) is 0 Å². The predicted molar refractivity (Wildman–Crippen MR) is 73.1 cm³/mol. The van der Waals surface area contributed by atoms with Crippen molar-refractivity contribution in [3.05, 3.63) is 29.7 Å². The second-order valence-electron chi connectivity index (χ2n) is 4.50. The van der Waals surface area contributed by atoms with Crippen molar-refractivity contribution >= 4 is 0 Å². The number of aromatic nitrogens is 2. The zero-order valence-electron chi connectivity index (χ0n) is 11.5. The first kappa shape index (κ1) is 13.5. The zero-order chi connectivity index (χ0) is 13.8. The van der Waals surface area contributed by atoms with Crippen molar-refractivity contribution in [1.29, 1.82) is 0 Å². The van der Waals surface area contributed by atoms with E-state index in [9.17, 15) is 0 Å². The molecule has 2 N–H and O–H groups in total. The van der Waals surface area contributed by atoms with E-state index in [-0.39, 0.29) is 5.92 Å². The maximum atomic E-state index is 5.69. The van der Waals surface area contributed by atoms with Gasteiger partial charge < -0.3 is 15.0 Å². The van der Waals surface area contributed by atoms with Crippen LogP contribution < -0.4 is 10.5 Å². The number of ether oxygens (including phenoxy) is 1. The summed E-state index contributed by atoms with van der Waals surface area (Å²) >= 11 is 0. The number of aryl methyl sites for hydroxylation is 1. The van der Waals surface area contributed by atoms with Gasteiger partial charge in [0.1, 0.15) is 5.75 Å². The number of benzene rings is 1. The Morgan fingerprint density at radius 2 is 2.21 bits per heavy atom. The quantitative estimate of drug-likeness (QED) is 0.895.